The summed E-state index contributed by atoms with van der Waals surface area (Å²) in [5.74, 6) is 0.202. The molecule has 0 aliphatic carbocycles. The highest BCUT2D eigenvalue weighted by Gasteiger charge is 2.24. The zero-order chi connectivity index (χ0) is 19.0. The second kappa shape index (κ2) is 9.22. The summed E-state index contributed by atoms with van der Waals surface area (Å²) in [6, 6.07) is 3.96. The Morgan fingerprint density at radius 3 is 2.52 bits per heavy atom. The second-order valence-corrected chi connectivity index (χ2v) is 6.64. The molecule has 1 aromatic carbocycles. The predicted molar refractivity (Wildman–Crippen MR) is 93.2 cm³/mol. The minimum atomic E-state index is -0.749. The number of hydrogen-bond acceptors (Lipinski definition) is 6. The van der Waals surface area contributed by atoms with Gasteiger partial charge in [-0.2, -0.15) is 0 Å². The Bertz CT molecular complexity index is 597. The largest absolute Gasteiger partial charge is 0.497 e. The summed E-state index contributed by atoms with van der Waals surface area (Å²) in [6.45, 7) is 6.65. The van der Waals surface area contributed by atoms with Crippen LogP contribution in [0.2, 0.25) is 0 Å². The number of rotatable bonds is 8. The summed E-state index contributed by atoms with van der Waals surface area (Å²) in [6.07, 6.45) is 0.802. The lowest BCUT2D eigenvalue weighted by Crippen LogP contribution is -2.31. The monoisotopic (exact) mass is 354 g/mol. The summed E-state index contributed by atoms with van der Waals surface area (Å²) in [5, 5.41) is 13.6. The molecule has 25 heavy (non-hydrogen) atoms. The number of ether oxygens (including phenoxy) is 3. The number of nitrogens with one attached hydrogen (secondary N) is 1. The van der Waals surface area contributed by atoms with Crippen LogP contribution in [0, 0.1) is 15.5 Å². The van der Waals surface area contributed by atoms with Crippen molar-refractivity contribution in [2.45, 2.75) is 39.7 Å². The van der Waals surface area contributed by atoms with Gasteiger partial charge in [0.1, 0.15) is 5.75 Å². The molecule has 1 unspecified atom stereocenters. The molecule has 0 bridgehead atoms. The van der Waals surface area contributed by atoms with Crippen LogP contribution in [0.1, 0.15) is 33.6 Å². The van der Waals surface area contributed by atoms with Gasteiger partial charge in [0.15, 0.2) is 0 Å². The first kappa shape index (κ1) is 20.7. The van der Waals surface area contributed by atoms with E-state index >= 15 is 0 Å². The lowest BCUT2D eigenvalue weighted by molar-refractivity contribution is -0.385. The van der Waals surface area contributed by atoms with Crippen molar-refractivity contribution in [1.29, 1.82) is 0 Å². The Hall–Kier alpha value is -2.35. The Balaban J connectivity index is 2.56. The molecular weight excluding hydrogens is 328 g/mol. The van der Waals surface area contributed by atoms with Gasteiger partial charge < -0.3 is 19.5 Å². The molecule has 0 radical (unpaired) electrons. The third-order valence-electron chi connectivity index (χ3n) is 3.73. The molecule has 1 rings (SSSR count). The maximum absolute atomic E-state index is 11.9. The maximum Gasteiger partial charge on any atom is 0.412 e. The standard InChI is InChI=1S/C17H26N2O6/c1-17(2,3)15(24-5)7-6-10-18-16(20)25-14-11-12(23-4)8-9-13(14)19(21)22/h8-9,11,15H,6-7,10H2,1-5H3,(H,18,20). The Morgan fingerprint density at radius 1 is 1.32 bits per heavy atom. The van der Waals surface area contributed by atoms with Crippen molar-refractivity contribution in [3.63, 3.8) is 0 Å². The molecule has 0 heterocycles. The molecule has 0 aromatic heterocycles. The van der Waals surface area contributed by atoms with Crippen LogP contribution in [-0.2, 0) is 4.74 Å². The van der Waals surface area contributed by atoms with Crippen molar-refractivity contribution in [3.05, 3.63) is 28.3 Å². The first-order chi connectivity index (χ1) is 11.7. The van der Waals surface area contributed by atoms with Gasteiger partial charge in [0.25, 0.3) is 0 Å². The van der Waals surface area contributed by atoms with Crippen molar-refractivity contribution >= 4 is 11.8 Å². The predicted octanol–water partition coefficient (Wildman–Crippen LogP) is 3.53. The summed E-state index contributed by atoms with van der Waals surface area (Å²) in [5.41, 5.74) is -0.292. The van der Waals surface area contributed by atoms with E-state index in [0.29, 0.717) is 18.7 Å². The molecule has 1 atom stereocenters. The van der Waals surface area contributed by atoms with Gasteiger partial charge >= 0.3 is 11.8 Å². The van der Waals surface area contributed by atoms with Gasteiger partial charge in [-0.15, -0.1) is 0 Å². The molecular formula is C17H26N2O6. The minimum absolute atomic E-state index is 0.0104. The van der Waals surface area contributed by atoms with Crippen molar-refractivity contribution in [1.82, 2.24) is 5.32 Å². The average molecular weight is 354 g/mol. The molecule has 0 aliphatic rings. The topological polar surface area (TPSA) is 99.9 Å². The van der Waals surface area contributed by atoms with Gasteiger partial charge in [0.05, 0.1) is 18.1 Å². The van der Waals surface area contributed by atoms with E-state index in [1.54, 1.807) is 7.11 Å². The molecule has 0 aliphatic heterocycles. The summed E-state index contributed by atoms with van der Waals surface area (Å²) in [7, 11) is 3.09. The van der Waals surface area contributed by atoms with Crippen LogP contribution >= 0.6 is 0 Å². The molecule has 1 amide bonds. The maximum atomic E-state index is 11.9. The summed E-state index contributed by atoms with van der Waals surface area (Å²) in [4.78, 5) is 22.3. The van der Waals surface area contributed by atoms with Crippen molar-refractivity contribution in [2.24, 2.45) is 5.41 Å². The van der Waals surface area contributed by atoms with E-state index in [2.05, 4.69) is 26.1 Å². The zero-order valence-electron chi connectivity index (χ0n) is 15.3. The van der Waals surface area contributed by atoms with Crippen LogP contribution < -0.4 is 14.8 Å². The molecule has 0 fully saturated rings. The molecule has 8 nitrogen and oxygen atoms in total. The number of methoxy groups -OCH3 is 2. The van der Waals surface area contributed by atoms with E-state index < -0.39 is 11.0 Å². The molecule has 8 heteroatoms. The third kappa shape index (κ3) is 6.58. The molecule has 1 aromatic rings. The SMILES string of the molecule is COc1ccc([N+](=O)[O-])c(OC(=O)NCCCC(OC)C(C)(C)C)c1. The number of nitro groups is 1. The third-order valence-corrected chi connectivity index (χ3v) is 3.73. The van der Waals surface area contributed by atoms with Crippen molar-refractivity contribution in [3.8, 4) is 11.5 Å². The first-order valence-corrected chi connectivity index (χ1v) is 8.00. The summed E-state index contributed by atoms with van der Waals surface area (Å²) >= 11 is 0. The van der Waals surface area contributed by atoms with E-state index in [9.17, 15) is 14.9 Å². The number of hydrogen-bond donors (Lipinski definition) is 1. The van der Waals surface area contributed by atoms with Gasteiger partial charge in [-0.25, -0.2) is 4.79 Å². The van der Waals surface area contributed by atoms with Crippen LogP contribution in [-0.4, -0.2) is 37.9 Å². The van der Waals surface area contributed by atoms with E-state index in [-0.39, 0.29) is 23.0 Å². The molecule has 140 valence electrons. The Labute approximate surface area is 147 Å². The average Bonchev–Trinajstić information content (AvgIpc) is 2.53. The fourth-order valence-corrected chi connectivity index (χ4v) is 2.37. The fourth-order valence-electron chi connectivity index (χ4n) is 2.37. The number of carbonyl (C=O) groups is 1. The van der Waals surface area contributed by atoms with Gasteiger partial charge in [-0.3, -0.25) is 10.1 Å². The van der Waals surface area contributed by atoms with Crippen LogP contribution in [0.15, 0.2) is 18.2 Å². The normalized spacial score (nSPS) is 12.4. The van der Waals surface area contributed by atoms with Crippen LogP contribution in [0.3, 0.4) is 0 Å². The fraction of sp³-hybridized carbons (Fsp3) is 0.588. The highest BCUT2D eigenvalue weighted by Crippen LogP contribution is 2.31. The number of carbonyl (C=O) groups excluding carboxylic acids is 1. The number of amides is 1. The lowest BCUT2D eigenvalue weighted by atomic mass is 9.86. The Kier molecular flexibility index (Phi) is 7.63. The van der Waals surface area contributed by atoms with Crippen LogP contribution in [0.5, 0.6) is 11.5 Å². The number of nitrogens with zero attached hydrogens (tertiary/aromatic N) is 1. The van der Waals surface area contributed by atoms with Gasteiger partial charge in [0, 0.05) is 25.8 Å². The highest BCUT2D eigenvalue weighted by molar-refractivity contribution is 5.72. The van der Waals surface area contributed by atoms with E-state index in [1.165, 1.54) is 25.3 Å². The Morgan fingerprint density at radius 2 is 2.00 bits per heavy atom. The number of nitro benzene ring substituents is 1. The van der Waals surface area contributed by atoms with Crippen molar-refractivity contribution in [2.75, 3.05) is 20.8 Å². The minimum Gasteiger partial charge on any atom is -0.497 e. The van der Waals surface area contributed by atoms with Gasteiger partial charge in [-0.05, 0) is 24.3 Å². The number of benzene rings is 1. The second-order valence-electron chi connectivity index (χ2n) is 6.64. The van der Waals surface area contributed by atoms with E-state index in [0.717, 1.165) is 6.42 Å². The first-order valence-electron chi connectivity index (χ1n) is 8.00. The van der Waals surface area contributed by atoms with Crippen LogP contribution in [0.4, 0.5) is 10.5 Å². The molecule has 0 saturated heterocycles. The van der Waals surface area contributed by atoms with Crippen molar-refractivity contribution < 1.29 is 23.9 Å². The smallest absolute Gasteiger partial charge is 0.412 e. The molecule has 1 N–H and O–H groups in total. The summed E-state index contributed by atoms with van der Waals surface area (Å²) < 4.78 is 15.5. The van der Waals surface area contributed by atoms with Gasteiger partial charge in [-0.1, -0.05) is 20.8 Å². The quantitative estimate of drug-likeness (QED) is 0.435. The molecule has 0 spiro atoms. The lowest BCUT2D eigenvalue weighted by Gasteiger charge is -2.29. The van der Waals surface area contributed by atoms with Gasteiger partial charge in [0.2, 0.25) is 5.75 Å². The van der Waals surface area contributed by atoms with Crippen LogP contribution in [0.25, 0.3) is 0 Å². The molecule has 0 saturated carbocycles. The van der Waals surface area contributed by atoms with E-state index in [1.807, 2.05) is 0 Å². The zero-order valence-corrected chi connectivity index (χ0v) is 15.3. The van der Waals surface area contributed by atoms with E-state index in [4.69, 9.17) is 14.2 Å². The highest BCUT2D eigenvalue weighted by atomic mass is 16.6.